The standard InChI is InChI=1S/C18H18N6O2S.2ClH/c1-26-14-4-3-13(18-20-7-9-27-18)22-17(14)23-15-5-2-12(10-21-15)24-8-6-19-11-16(24)25;;/h2-5,7,9-10,19H,6,8,11H2,1H3,(H,21,22,23);2*1H. The van der Waals surface area contributed by atoms with Gasteiger partial charge in [-0.05, 0) is 24.3 Å². The maximum atomic E-state index is 12.0. The first-order valence-electron chi connectivity index (χ1n) is 8.43. The molecule has 11 heteroatoms. The number of nitrogens with one attached hydrogen (secondary N) is 2. The molecule has 3 aromatic heterocycles. The van der Waals surface area contributed by atoms with Gasteiger partial charge in [0.15, 0.2) is 11.6 Å². The third kappa shape index (κ3) is 5.13. The Morgan fingerprint density at radius 3 is 2.72 bits per heavy atom. The molecule has 1 saturated heterocycles. The normalized spacial score (nSPS) is 13.3. The van der Waals surface area contributed by atoms with Crippen LogP contribution >= 0.6 is 36.2 Å². The highest BCUT2D eigenvalue weighted by atomic mass is 35.5. The molecule has 1 aliphatic heterocycles. The molecule has 1 amide bonds. The Labute approximate surface area is 184 Å². The monoisotopic (exact) mass is 454 g/mol. The van der Waals surface area contributed by atoms with Gasteiger partial charge in [0.1, 0.15) is 16.5 Å². The van der Waals surface area contributed by atoms with E-state index >= 15 is 0 Å². The van der Waals surface area contributed by atoms with Crippen LogP contribution in [0.1, 0.15) is 0 Å². The van der Waals surface area contributed by atoms with E-state index < -0.39 is 0 Å². The fourth-order valence-electron chi connectivity index (χ4n) is 2.79. The van der Waals surface area contributed by atoms with Gasteiger partial charge in [-0.2, -0.15) is 0 Å². The number of carbonyl (C=O) groups is 1. The summed E-state index contributed by atoms with van der Waals surface area (Å²) >= 11 is 1.52. The Balaban J connectivity index is 0.00000150. The highest BCUT2D eigenvalue weighted by Crippen LogP contribution is 2.30. The van der Waals surface area contributed by atoms with Crippen molar-refractivity contribution in [2.45, 2.75) is 0 Å². The Kier molecular flexibility index (Phi) is 8.15. The zero-order valence-electron chi connectivity index (χ0n) is 15.5. The molecule has 4 heterocycles. The minimum absolute atomic E-state index is 0. The summed E-state index contributed by atoms with van der Waals surface area (Å²) in [6, 6.07) is 7.41. The van der Waals surface area contributed by atoms with E-state index in [4.69, 9.17) is 4.74 Å². The predicted octanol–water partition coefficient (Wildman–Crippen LogP) is 3.13. The van der Waals surface area contributed by atoms with Crippen LogP contribution < -0.4 is 20.3 Å². The van der Waals surface area contributed by atoms with Gasteiger partial charge in [0.25, 0.3) is 0 Å². The van der Waals surface area contributed by atoms with Crippen molar-refractivity contribution in [1.82, 2.24) is 20.3 Å². The van der Waals surface area contributed by atoms with E-state index in [0.717, 1.165) is 22.9 Å². The lowest BCUT2D eigenvalue weighted by Crippen LogP contribution is -2.48. The predicted molar refractivity (Wildman–Crippen MR) is 119 cm³/mol. The lowest BCUT2D eigenvalue weighted by molar-refractivity contribution is -0.118. The van der Waals surface area contributed by atoms with E-state index in [1.54, 1.807) is 24.4 Å². The Hall–Kier alpha value is -2.46. The van der Waals surface area contributed by atoms with Crippen molar-refractivity contribution in [2.75, 3.05) is 37.0 Å². The number of aromatic nitrogens is 3. The summed E-state index contributed by atoms with van der Waals surface area (Å²) in [7, 11) is 1.60. The lowest BCUT2D eigenvalue weighted by atomic mass is 10.3. The Morgan fingerprint density at radius 1 is 1.21 bits per heavy atom. The van der Waals surface area contributed by atoms with Gasteiger partial charge in [0, 0.05) is 24.7 Å². The summed E-state index contributed by atoms with van der Waals surface area (Å²) in [5.41, 5.74) is 1.54. The van der Waals surface area contributed by atoms with Crippen LogP contribution in [0.15, 0.2) is 42.0 Å². The number of halogens is 2. The van der Waals surface area contributed by atoms with Crippen LogP contribution in [0.3, 0.4) is 0 Å². The van der Waals surface area contributed by atoms with Crippen LogP contribution in [0.25, 0.3) is 10.7 Å². The molecule has 0 aliphatic carbocycles. The summed E-state index contributed by atoms with van der Waals surface area (Å²) in [6.07, 6.45) is 3.43. The van der Waals surface area contributed by atoms with E-state index in [1.807, 2.05) is 29.6 Å². The molecule has 0 aromatic carbocycles. The molecule has 0 spiro atoms. The first kappa shape index (κ1) is 22.8. The third-order valence-corrected chi connectivity index (χ3v) is 4.92. The van der Waals surface area contributed by atoms with Crippen molar-refractivity contribution in [3.05, 3.63) is 42.0 Å². The zero-order chi connectivity index (χ0) is 18.6. The van der Waals surface area contributed by atoms with E-state index in [2.05, 4.69) is 25.6 Å². The number of thiazole rings is 1. The third-order valence-electron chi connectivity index (χ3n) is 4.13. The van der Waals surface area contributed by atoms with E-state index in [0.29, 0.717) is 30.5 Å². The topological polar surface area (TPSA) is 92.3 Å². The second kappa shape index (κ2) is 10.4. The number of anilines is 3. The molecule has 4 rings (SSSR count). The second-order valence-corrected chi connectivity index (χ2v) is 6.73. The average molecular weight is 455 g/mol. The fraction of sp³-hybridized carbons (Fsp3) is 0.222. The van der Waals surface area contributed by atoms with Gasteiger partial charge < -0.3 is 20.3 Å². The lowest BCUT2D eigenvalue weighted by Gasteiger charge is -2.27. The van der Waals surface area contributed by atoms with Crippen LogP contribution in [0.2, 0.25) is 0 Å². The number of methoxy groups -OCH3 is 1. The summed E-state index contributed by atoms with van der Waals surface area (Å²) < 4.78 is 5.39. The molecule has 3 aromatic rings. The second-order valence-electron chi connectivity index (χ2n) is 5.83. The first-order chi connectivity index (χ1) is 13.2. The minimum Gasteiger partial charge on any atom is -0.493 e. The maximum Gasteiger partial charge on any atom is 0.241 e. The number of piperazine rings is 1. The number of hydrogen-bond acceptors (Lipinski definition) is 8. The smallest absolute Gasteiger partial charge is 0.241 e. The van der Waals surface area contributed by atoms with Crippen molar-refractivity contribution < 1.29 is 9.53 Å². The summed E-state index contributed by atoms with van der Waals surface area (Å²) in [4.78, 5) is 27.0. The van der Waals surface area contributed by atoms with Crippen LogP contribution in [0.4, 0.5) is 17.3 Å². The molecule has 0 unspecified atom stereocenters. The summed E-state index contributed by atoms with van der Waals surface area (Å²) in [5.74, 6) is 1.83. The number of nitrogens with zero attached hydrogens (tertiary/aromatic N) is 4. The molecule has 0 radical (unpaired) electrons. The van der Waals surface area contributed by atoms with Crippen molar-refractivity contribution >= 4 is 59.4 Å². The summed E-state index contributed by atoms with van der Waals surface area (Å²) in [5, 5.41) is 8.98. The van der Waals surface area contributed by atoms with Crippen molar-refractivity contribution in [2.24, 2.45) is 0 Å². The van der Waals surface area contributed by atoms with Gasteiger partial charge in [-0.25, -0.2) is 15.0 Å². The molecule has 0 saturated carbocycles. The molecular weight excluding hydrogens is 435 g/mol. The van der Waals surface area contributed by atoms with E-state index in [-0.39, 0.29) is 30.7 Å². The number of amides is 1. The van der Waals surface area contributed by atoms with Gasteiger partial charge in [0.2, 0.25) is 5.91 Å². The number of ether oxygens (including phenoxy) is 1. The van der Waals surface area contributed by atoms with Crippen LogP contribution in [-0.2, 0) is 4.79 Å². The highest BCUT2D eigenvalue weighted by molar-refractivity contribution is 7.13. The van der Waals surface area contributed by atoms with Gasteiger partial charge in [0.05, 0.1) is 25.5 Å². The highest BCUT2D eigenvalue weighted by Gasteiger charge is 2.19. The zero-order valence-corrected chi connectivity index (χ0v) is 17.9. The summed E-state index contributed by atoms with van der Waals surface area (Å²) in [6.45, 7) is 1.76. The van der Waals surface area contributed by atoms with Gasteiger partial charge in [-0.15, -0.1) is 36.2 Å². The SMILES string of the molecule is COc1ccc(-c2nccs2)nc1Nc1ccc(N2CCNCC2=O)cn1.Cl.Cl. The Bertz CT molecular complexity index is 940. The quantitative estimate of drug-likeness (QED) is 0.611. The molecule has 0 bridgehead atoms. The molecule has 2 N–H and O–H groups in total. The number of pyridine rings is 2. The van der Waals surface area contributed by atoms with Gasteiger partial charge in [-0.1, -0.05) is 0 Å². The van der Waals surface area contributed by atoms with Crippen molar-refractivity contribution in [3.8, 4) is 16.5 Å². The number of rotatable bonds is 5. The van der Waals surface area contributed by atoms with Crippen molar-refractivity contribution in [3.63, 3.8) is 0 Å². The van der Waals surface area contributed by atoms with E-state index in [1.165, 1.54) is 11.3 Å². The van der Waals surface area contributed by atoms with Crippen LogP contribution in [0.5, 0.6) is 5.75 Å². The first-order valence-corrected chi connectivity index (χ1v) is 9.31. The van der Waals surface area contributed by atoms with E-state index in [9.17, 15) is 4.79 Å². The fourth-order valence-corrected chi connectivity index (χ4v) is 3.40. The number of hydrogen-bond donors (Lipinski definition) is 2. The largest absolute Gasteiger partial charge is 0.493 e. The van der Waals surface area contributed by atoms with Crippen LogP contribution in [-0.4, -0.2) is 47.6 Å². The van der Waals surface area contributed by atoms with Gasteiger partial charge >= 0.3 is 0 Å². The number of carbonyl (C=O) groups excluding carboxylic acids is 1. The molecule has 0 atom stereocenters. The maximum absolute atomic E-state index is 12.0. The minimum atomic E-state index is 0. The molecular formula is C18H20Cl2N6O2S. The molecule has 8 nitrogen and oxygen atoms in total. The van der Waals surface area contributed by atoms with Crippen molar-refractivity contribution in [1.29, 1.82) is 0 Å². The molecule has 154 valence electrons. The molecule has 1 fully saturated rings. The van der Waals surface area contributed by atoms with Gasteiger partial charge in [-0.3, -0.25) is 4.79 Å². The van der Waals surface area contributed by atoms with Crippen LogP contribution in [0, 0.1) is 0 Å². The molecule has 29 heavy (non-hydrogen) atoms. The average Bonchev–Trinajstić information content (AvgIpc) is 3.24. The Morgan fingerprint density at radius 2 is 2.07 bits per heavy atom. The molecule has 1 aliphatic rings.